The Balaban J connectivity index is 1.47. The third-order valence-corrected chi connectivity index (χ3v) is 8.49. The van der Waals surface area contributed by atoms with Gasteiger partial charge in [0.1, 0.15) is 5.54 Å². The van der Waals surface area contributed by atoms with E-state index in [1.165, 1.54) is 14.7 Å². The summed E-state index contributed by atoms with van der Waals surface area (Å²) in [5, 5.41) is 0. The van der Waals surface area contributed by atoms with Crippen LogP contribution in [-0.4, -0.2) is 63.5 Å². The van der Waals surface area contributed by atoms with Crippen LogP contribution in [0.3, 0.4) is 0 Å². The van der Waals surface area contributed by atoms with Crippen molar-refractivity contribution in [3.05, 3.63) is 107 Å². The highest BCUT2D eigenvalue weighted by molar-refractivity contribution is 6.13. The first-order chi connectivity index (χ1) is 19.5. The van der Waals surface area contributed by atoms with Crippen molar-refractivity contribution in [2.45, 2.75) is 30.7 Å². The fourth-order valence-electron chi connectivity index (χ4n) is 6.74. The number of rotatable bonds is 5. The van der Waals surface area contributed by atoms with Crippen molar-refractivity contribution in [2.75, 3.05) is 13.6 Å². The van der Waals surface area contributed by atoms with E-state index >= 15 is 0 Å². The molecule has 0 spiro atoms. The Morgan fingerprint density at radius 3 is 2.02 bits per heavy atom. The van der Waals surface area contributed by atoms with E-state index in [4.69, 9.17) is 0 Å². The minimum absolute atomic E-state index is 0.0150. The summed E-state index contributed by atoms with van der Waals surface area (Å²) in [7, 11) is 1.58. The first-order valence-corrected chi connectivity index (χ1v) is 13.2. The van der Waals surface area contributed by atoms with Gasteiger partial charge in [0, 0.05) is 25.6 Å². The SMILES string of the molecule is CN1C[C@@H]2[C@@H]3C(=O)N(Cc4ccccc4)C(=O)[C@@H]3[C@](Cc3ccccc3)(C1=O)N2C(=O)c1ccc(C(F)(F)F)cc1. The molecule has 3 heterocycles. The van der Waals surface area contributed by atoms with Crippen LogP contribution in [-0.2, 0) is 33.5 Å². The summed E-state index contributed by atoms with van der Waals surface area (Å²) in [5.41, 5.74) is -1.27. The van der Waals surface area contributed by atoms with Gasteiger partial charge in [0.2, 0.25) is 17.7 Å². The number of likely N-dealkylation sites (tertiary alicyclic amines) is 2. The molecule has 0 saturated carbocycles. The summed E-state index contributed by atoms with van der Waals surface area (Å²) in [6.45, 7) is 0.0532. The highest BCUT2D eigenvalue weighted by Gasteiger charge is 2.75. The first kappa shape index (κ1) is 26.7. The number of likely N-dealkylation sites (N-methyl/N-ethyl adjacent to an activating group) is 1. The maximum atomic E-state index is 14.2. The zero-order valence-electron chi connectivity index (χ0n) is 22.0. The molecule has 0 N–H and O–H groups in total. The molecule has 41 heavy (non-hydrogen) atoms. The van der Waals surface area contributed by atoms with E-state index in [1.54, 1.807) is 61.6 Å². The maximum Gasteiger partial charge on any atom is 0.416 e. The van der Waals surface area contributed by atoms with Crippen LogP contribution in [0, 0.1) is 11.8 Å². The van der Waals surface area contributed by atoms with Gasteiger partial charge in [-0.1, -0.05) is 60.7 Å². The van der Waals surface area contributed by atoms with E-state index in [1.807, 2.05) is 6.07 Å². The Kier molecular flexibility index (Phi) is 6.24. The number of piperazine rings is 1. The third-order valence-electron chi connectivity index (χ3n) is 8.49. The highest BCUT2D eigenvalue weighted by atomic mass is 19.4. The summed E-state index contributed by atoms with van der Waals surface area (Å²) >= 11 is 0. The third kappa shape index (κ3) is 4.11. The number of hydrogen-bond donors (Lipinski definition) is 0. The molecule has 3 aromatic rings. The van der Waals surface area contributed by atoms with Crippen LogP contribution >= 0.6 is 0 Å². The smallest absolute Gasteiger partial charge is 0.342 e. The number of hydrogen-bond acceptors (Lipinski definition) is 4. The quantitative estimate of drug-likeness (QED) is 0.445. The van der Waals surface area contributed by atoms with Gasteiger partial charge >= 0.3 is 6.18 Å². The molecule has 10 heteroatoms. The van der Waals surface area contributed by atoms with Gasteiger partial charge in [0.25, 0.3) is 5.91 Å². The summed E-state index contributed by atoms with van der Waals surface area (Å²) in [5.74, 6) is -4.27. The van der Waals surface area contributed by atoms with E-state index in [9.17, 15) is 32.3 Å². The van der Waals surface area contributed by atoms with E-state index in [0.29, 0.717) is 5.56 Å². The van der Waals surface area contributed by atoms with Gasteiger partial charge in [-0.25, -0.2) is 0 Å². The zero-order chi connectivity index (χ0) is 29.1. The minimum atomic E-state index is -4.59. The fourth-order valence-corrected chi connectivity index (χ4v) is 6.74. The lowest BCUT2D eigenvalue weighted by Crippen LogP contribution is -2.69. The molecule has 4 amide bonds. The molecule has 3 aromatic carbocycles. The number of carbonyl (C=O) groups excluding carboxylic acids is 4. The van der Waals surface area contributed by atoms with Gasteiger partial charge in [0.05, 0.1) is 30.0 Å². The van der Waals surface area contributed by atoms with Crippen LogP contribution in [0.15, 0.2) is 84.9 Å². The number of carbonyl (C=O) groups is 4. The largest absolute Gasteiger partial charge is 0.416 e. The monoisotopic (exact) mass is 561 g/mol. The molecule has 6 rings (SSSR count). The van der Waals surface area contributed by atoms with Gasteiger partial charge in [-0.2, -0.15) is 13.2 Å². The number of halogens is 3. The molecule has 7 nitrogen and oxygen atoms in total. The van der Waals surface area contributed by atoms with Crippen LogP contribution in [0.5, 0.6) is 0 Å². The molecular weight excluding hydrogens is 535 g/mol. The summed E-state index contributed by atoms with van der Waals surface area (Å²) in [6.07, 6.45) is -4.61. The standard InChI is InChI=1S/C31H26F3N3O4/c1-35-18-23-24-25(28(40)36(27(24)39)17-20-10-6-3-7-11-20)30(29(35)41,16-19-8-4-2-5-9-19)37(23)26(38)21-12-14-22(15-13-21)31(32,33)34/h2-15,23-25H,16-18H2,1H3/t23-,24+,25-,30-/m1/s1. The van der Waals surface area contributed by atoms with Crippen molar-refractivity contribution in [3.63, 3.8) is 0 Å². The lowest BCUT2D eigenvalue weighted by molar-refractivity contribution is -0.155. The number of amides is 4. The van der Waals surface area contributed by atoms with E-state index in [2.05, 4.69) is 0 Å². The van der Waals surface area contributed by atoms with Crippen molar-refractivity contribution < 1.29 is 32.3 Å². The van der Waals surface area contributed by atoms with Crippen molar-refractivity contribution in [1.29, 1.82) is 0 Å². The van der Waals surface area contributed by atoms with E-state index in [0.717, 1.165) is 29.8 Å². The lowest BCUT2D eigenvalue weighted by Gasteiger charge is -2.49. The predicted octanol–water partition coefficient (Wildman–Crippen LogP) is 3.78. The molecular formula is C31H26F3N3O4. The predicted molar refractivity (Wildman–Crippen MR) is 141 cm³/mol. The molecule has 2 bridgehead atoms. The number of nitrogens with zero attached hydrogens (tertiary/aromatic N) is 3. The Morgan fingerprint density at radius 1 is 0.854 bits per heavy atom. The average molecular weight is 562 g/mol. The maximum absolute atomic E-state index is 14.2. The van der Waals surface area contributed by atoms with Gasteiger partial charge < -0.3 is 9.80 Å². The molecule has 3 saturated heterocycles. The first-order valence-electron chi connectivity index (χ1n) is 13.2. The van der Waals surface area contributed by atoms with Crippen LogP contribution in [0.4, 0.5) is 13.2 Å². The van der Waals surface area contributed by atoms with Gasteiger partial charge in [0.15, 0.2) is 0 Å². The van der Waals surface area contributed by atoms with Crippen molar-refractivity contribution in [3.8, 4) is 0 Å². The molecule has 210 valence electrons. The second kappa shape index (κ2) is 9.57. The lowest BCUT2D eigenvalue weighted by atomic mass is 9.75. The Labute approximate surface area is 234 Å². The molecule has 0 unspecified atom stereocenters. The van der Waals surface area contributed by atoms with Crippen LogP contribution in [0.2, 0.25) is 0 Å². The van der Waals surface area contributed by atoms with Crippen LogP contribution < -0.4 is 0 Å². The molecule has 4 atom stereocenters. The molecule has 0 radical (unpaired) electrons. The van der Waals surface area contributed by atoms with Crippen molar-refractivity contribution in [2.24, 2.45) is 11.8 Å². The van der Waals surface area contributed by atoms with Crippen molar-refractivity contribution >= 4 is 23.6 Å². The minimum Gasteiger partial charge on any atom is -0.342 e. The van der Waals surface area contributed by atoms with Gasteiger partial charge in [-0.3, -0.25) is 24.1 Å². The van der Waals surface area contributed by atoms with E-state index < -0.39 is 58.8 Å². The average Bonchev–Trinajstić information content (AvgIpc) is 3.34. The summed E-state index contributed by atoms with van der Waals surface area (Å²) < 4.78 is 39.7. The Bertz CT molecular complexity index is 1530. The van der Waals surface area contributed by atoms with Crippen LogP contribution in [0.1, 0.15) is 27.0 Å². The number of alkyl halides is 3. The normalized spacial score (nSPS) is 25.6. The molecule has 0 aliphatic carbocycles. The second-order valence-electron chi connectivity index (χ2n) is 10.8. The zero-order valence-corrected chi connectivity index (χ0v) is 22.0. The number of imide groups is 1. The summed E-state index contributed by atoms with van der Waals surface area (Å²) in [4.78, 5) is 60.3. The van der Waals surface area contributed by atoms with Gasteiger partial charge in [-0.15, -0.1) is 0 Å². The highest BCUT2D eigenvalue weighted by Crippen LogP contribution is 2.54. The van der Waals surface area contributed by atoms with E-state index in [-0.39, 0.29) is 25.1 Å². The van der Waals surface area contributed by atoms with Crippen LogP contribution in [0.25, 0.3) is 0 Å². The summed E-state index contributed by atoms with van der Waals surface area (Å²) in [6, 6.07) is 20.9. The number of benzene rings is 3. The van der Waals surface area contributed by atoms with Crippen molar-refractivity contribution in [1.82, 2.24) is 14.7 Å². The molecule has 0 aromatic heterocycles. The second-order valence-corrected chi connectivity index (χ2v) is 10.8. The topological polar surface area (TPSA) is 78.0 Å². The molecule has 3 fully saturated rings. The number of fused-ring (bicyclic) bond motifs is 5. The fraction of sp³-hybridized carbons (Fsp3) is 0.290. The Morgan fingerprint density at radius 2 is 1.44 bits per heavy atom. The Hall–Kier alpha value is -4.47. The molecule has 3 aliphatic heterocycles. The molecule has 3 aliphatic rings. The van der Waals surface area contributed by atoms with Gasteiger partial charge in [-0.05, 0) is 35.4 Å².